The highest BCUT2D eigenvalue weighted by Gasteiger charge is 2.29. The number of benzene rings is 1. The second kappa shape index (κ2) is 8.27. The molecule has 150 valence electrons. The Morgan fingerprint density at radius 1 is 1.28 bits per heavy atom. The van der Waals surface area contributed by atoms with Gasteiger partial charge in [-0.1, -0.05) is 30.7 Å². The van der Waals surface area contributed by atoms with Crippen molar-refractivity contribution in [2.24, 2.45) is 5.73 Å². The maximum atomic E-state index is 12.6. The molecule has 0 aliphatic heterocycles. The summed E-state index contributed by atoms with van der Waals surface area (Å²) in [6, 6.07) is 7.16. The summed E-state index contributed by atoms with van der Waals surface area (Å²) in [4.78, 5) is 43.4. The number of Topliss-reactive ketones (excluding diaryl/α,β-unsaturated/α-hetero) is 1. The second-order valence-electron chi connectivity index (χ2n) is 6.14. The van der Waals surface area contributed by atoms with Gasteiger partial charge in [-0.3, -0.25) is 9.59 Å². The molecule has 1 amide bonds. The van der Waals surface area contributed by atoms with Crippen molar-refractivity contribution in [2.45, 2.75) is 19.9 Å². The van der Waals surface area contributed by atoms with E-state index in [0.717, 1.165) is 5.56 Å². The molecule has 0 aliphatic rings. The number of ketones is 1. The van der Waals surface area contributed by atoms with Crippen LogP contribution in [0.2, 0.25) is 5.02 Å². The minimum absolute atomic E-state index is 0.0121. The molecule has 2 aromatic heterocycles. The first kappa shape index (κ1) is 20.3. The molecule has 3 rings (SSSR count). The lowest BCUT2D eigenvalue weighted by atomic mass is 10.1. The van der Waals surface area contributed by atoms with Gasteiger partial charge in [0.05, 0.1) is 10.9 Å². The number of aliphatic carboxylic acids is 1. The van der Waals surface area contributed by atoms with Gasteiger partial charge in [0, 0.05) is 17.3 Å². The first-order valence-electron chi connectivity index (χ1n) is 8.62. The van der Waals surface area contributed by atoms with Crippen LogP contribution in [0.3, 0.4) is 0 Å². The Hall–Kier alpha value is -3.46. The third kappa shape index (κ3) is 4.04. The minimum Gasteiger partial charge on any atom is -0.479 e. The molecule has 0 spiro atoms. The van der Waals surface area contributed by atoms with Crippen molar-refractivity contribution in [2.75, 3.05) is 6.61 Å². The highest BCUT2D eigenvalue weighted by Crippen LogP contribution is 2.32. The number of hydrogen-bond donors (Lipinski definition) is 2. The molecular weight excluding hydrogens is 400 g/mol. The average molecular weight is 417 g/mol. The third-order valence-corrected chi connectivity index (χ3v) is 4.50. The topological polar surface area (TPSA) is 137 Å². The fourth-order valence-electron chi connectivity index (χ4n) is 3.15. The summed E-state index contributed by atoms with van der Waals surface area (Å²) in [5.74, 6) is -3.39. The number of nitrogens with two attached hydrogens (primary N) is 1. The maximum Gasteiger partial charge on any atom is 0.341 e. The van der Waals surface area contributed by atoms with Crippen LogP contribution in [0.1, 0.15) is 28.5 Å². The Bertz CT molecular complexity index is 1130. The van der Waals surface area contributed by atoms with Crippen molar-refractivity contribution in [3.8, 4) is 5.88 Å². The van der Waals surface area contributed by atoms with Gasteiger partial charge < -0.3 is 20.1 Å². The fourth-order valence-corrected chi connectivity index (χ4v) is 3.37. The van der Waals surface area contributed by atoms with Crippen LogP contribution in [0.4, 0.5) is 0 Å². The Balaban J connectivity index is 2.27. The van der Waals surface area contributed by atoms with Crippen LogP contribution in [0.15, 0.2) is 30.6 Å². The first-order chi connectivity index (χ1) is 13.8. The SMILES string of the molecule is CCc1c(C(=O)C(N)=O)c2c(OCC(=O)O)ncnc2n1Cc1cccc(Cl)c1. The van der Waals surface area contributed by atoms with Gasteiger partial charge in [-0.25, -0.2) is 14.8 Å². The van der Waals surface area contributed by atoms with Gasteiger partial charge >= 0.3 is 5.97 Å². The molecule has 0 saturated heterocycles. The first-order valence-corrected chi connectivity index (χ1v) is 9.00. The van der Waals surface area contributed by atoms with Gasteiger partial charge in [-0.05, 0) is 24.1 Å². The van der Waals surface area contributed by atoms with E-state index in [4.69, 9.17) is 27.2 Å². The second-order valence-corrected chi connectivity index (χ2v) is 6.58. The van der Waals surface area contributed by atoms with E-state index in [0.29, 0.717) is 29.3 Å². The lowest BCUT2D eigenvalue weighted by molar-refractivity contribution is -0.139. The summed E-state index contributed by atoms with van der Waals surface area (Å²) < 4.78 is 6.99. The molecule has 0 saturated carbocycles. The van der Waals surface area contributed by atoms with E-state index in [-0.39, 0.29) is 16.8 Å². The number of halogens is 1. The van der Waals surface area contributed by atoms with Crippen LogP contribution in [-0.2, 0) is 22.6 Å². The molecule has 2 heterocycles. The van der Waals surface area contributed by atoms with Crippen molar-refractivity contribution in [3.63, 3.8) is 0 Å². The number of amides is 1. The molecule has 3 aromatic rings. The standard InChI is InChI=1S/C19H17ClN4O5/c1-2-12-14(16(27)17(21)28)15-18(22-9-23-19(15)29-8-13(25)26)24(12)7-10-4-3-5-11(20)6-10/h3-6,9H,2,7-8H2,1H3,(H2,21,28)(H,25,26). The molecule has 0 atom stereocenters. The van der Waals surface area contributed by atoms with E-state index in [9.17, 15) is 14.4 Å². The summed E-state index contributed by atoms with van der Waals surface area (Å²) in [6.45, 7) is 1.45. The fraction of sp³-hybridized carbons (Fsp3) is 0.211. The number of carboxylic acid groups (broad SMARTS) is 1. The van der Waals surface area contributed by atoms with Gasteiger partial charge in [-0.15, -0.1) is 0 Å². The molecule has 10 heteroatoms. The van der Waals surface area contributed by atoms with Gasteiger partial charge in [0.1, 0.15) is 12.0 Å². The number of carbonyl (C=O) groups is 3. The van der Waals surface area contributed by atoms with E-state index >= 15 is 0 Å². The monoisotopic (exact) mass is 416 g/mol. The van der Waals surface area contributed by atoms with Crippen LogP contribution in [0, 0.1) is 0 Å². The van der Waals surface area contributed by atoms with Gasteiger partial charge in [0.2, 0.25) is 5.88 Å². The minimum atomic E-state index is -1.21. The normalized spacial score (nSPS) is 10.8. The number of fused-ring (bicyclic) bond motifs is 1. The van der Waals surface area contributed by atoms with Crippen LogP contribution in [0.5, 0.6) is 5.88 Å². The van der Waals surface area contributed by atoms with Gasteiger partial charge in [0.25, 0.3) is 11.7 Å². The molecule has 3 N–H and O–H groups in total. The van der Waals surface area contributed by atoms with Gasteiger partial charge in [0.15, 0.2) is 6.61 Å². The summed E-state index contributed by atoms with van der Waals surface area (Å²) in [7, 11) is 0. The molecule has 0 unspecified atom stereocenters. The number of ether oxygens (including phenoxy) is 1. The molecule has 9 nitrogen and oxygen atoms in total. The molecule has 0 fully saturated rings. The quantitative estimate of drug-likeness (QED) is 0.422. The molecule has 1 aromatic carbocycles. The van der Waals surface area contributed by atoms with E-state index in [1.54, 1.807) is 22.8 Å². The number of carbonyl (C=O) groups excluding carboxylic acids is 2. The molecule has 0 aliphatic carbocycles. The molecule has 0 radical (unpaired) electrons. The number of nitrogens with zero attached hydrogens (tertiary/aromatic N) is 3. The number of hydrogen-bond acceptors (Lipinski definition) is 6. The smallest absolute Gasteiger partial charge is 0.341 e. The Labute approximate surface area is 170 Å². The number of carboxylic acids is 1. The van der Waals surface area contributed by atoms with E-state index < -0.39 is 24.3 Å². The number of aromatic nitrogens is 3. The zero-order chi connectivity index (χ0) is 21.1. The number of primary amides is 1. The van der Waals surface area contributed by atoms with E-state index in [1.807, 2.05) is 13.0 Å². The van der Waals surface area contributed by atoms with Crippen LogP contribution < -0.4 is 10.5 Å². The zero-order valence-electron chi connectivity index (χ0n) is 15.4. The lowest BCUT2D eigenvalue weighted by Gasteiger charge is -2.10. The average Bonchev–Trinajstić information content (AvgIpc) is 2.99. The van der Waals surface area contributed by atoms with Crippen molar-refractivity contribution < 1.29 is 24.2 Å². The Morgan fingerprint density at radius 2 is 2.03 bits per heavy atom. The van der Waals surface area contributed by atoms with E-state index in [1.165, 1.54) is 6.33 Å². The maximum absolute atomic E-state index is 12.6. The van der Waals surface area contributed by atoms with Crippen molar-refractivity contribution in [1.29, 1.82) is 0 Å². The lowest BCUT2D eigenvalue weighted by Crippen LogP contribution is -2.24. The van der Waals surface area contributed by atoms with Crippen molar-refractivity contribution in [3.05, 3.63) is 52.4 Å². The summed E-state index contributed by atoms with van der Waals surface area (Å²) >= 11 is 6.07. The van der Waals surface area contributed by atoms with Crippen LogP contribution in [0.25, 0.3) is 11.0 Å². The largest absolute Gasteiger partial charge is 0.479 e. The van der Waals surface area contributed by atoms with Crippen LogP contribution >= 0.6 is 11.6 Å². The zero-order valence-corrected chi connectivity index (χ0v) is 16.1. The predicted molar refractivity (Wildman–Crippen MR) is 104 cm³/mol. The Morgan fingerprint density at radius 3 is 2.66 bits per heavy atom. The summed E-state index contributed by atoms with van der Waals surface area (Å²) in [6.07, 6.45) is 1.58. The van der Waals surface area contributed by atoms with Crippen LogP contribution in [-0.4, -0.2) is 43.9 Å². The van der Waals surface area contributed by atoms with Crippen molar-refractivity contribution in [1.82, 2.24) is 14.5 Å². The third-order valence-electron chi connectivity index (χ3n) is 4.26. The predicted octanol–water partition coefficient (Wildman–Crippen LogP) is 1.83. The summed E-state index contributed by atoms with van der Waals surface area (Å²) in [5, 5.41) is 9.61. The highest BCUT2D eigenvalue weighted by molar-refractivity contribution is 6.45. The molecular formula is C19H17ClN4O5. The summed E-state index contributed by atoms with van der Waals surface area (Å²) in [5.41, 5.74) is 6.92. The van der Waals surface area contributed by atoms with Gasteiger partial charge in [-0.2, -0.15) is 0 Å². The van der Waals surface area contributed by atoms with Crippen molar-refractivity contribution >= 4 is 40.3 Å². The highest BCUT2D eigenvalue weighted by atomic mass is 35.5. The van der Waals surface area contributed by atoms with E-state index in [2.05, 4.69) is 9.97 Å². The Kier molecular flexibility index (Phi) is 5.79. The number of rotatable bonds is 8. The molecule has 0 bridgehead atoms. The molecule has 29 heavy (non-hydrogen) atoms.